The first kappa shape index (κ1) is 21.9. The molecular formula is C19H33IN4OS. The molecule has 0 radical (unpaired) electrons. The Balaban J connectivity index is 0.00000243. The van der Waals surface area contributed by atoms with Gasteiger partial charge in [-0.3, -0.25) is 4.90 Å². The fraction of sp³-hybridized carbons (Fsp3) is 0.737. The predicted molar refractivity (Wildman–Crippen MR) is 122 cm³/mol. The first-order valence-corrected chi connectivity index (χ1v) is 10.9. The Labute approximate surface area is 179 Å². The van der Waals surface area contributed by atoms with E-state index in [-0.39, 0.29) is 24.0 Å². The summed E-state index contributed by atoms with van der Waals surface area (Å²) in [6, 6.07) is 3.89. The molecule has 1 aliphatic carbocycles. The summed E-state index contributed by atoms with van der Waals surface area (Å²) in [5, 5.41) is 7.02. The van der Waals surface area contributed by atoms with E-state index in [1.165, 1.54) is 56.7 Å². The summed E-state index contributed by atoms with van der Waals surface area (Å²) in [7, 11) is 0. The highest BCUT2D eigenvalue weighted by Crippen LogP contribution is 2.34. The van der Waals surface area contributed by atoms with Gasteiger partial charge in [-0.15, -0.1) is 24.0 Å². The molecule has 2 fully saturated rings. The van der Waals surface area contributed by atoms with Crippen molar-refractivity contribution in [3.05, 3.63) is 24.2 Å². The first-order chi connectivity index (χ1) is 12.3. The molecule has 0 atom stereocenters. The van der Waals surface area contributed by atoms with Gasteiger partial charge in [0.1, 0.15) is 12.3 Å². The van der Waals surface area contributed by atoms with Crippen molar-refractivity contribution in [2.45, 2.75) is 51.1 Å². The molecule has 5 nitrogen and oxygen atoms in total. The highest BCUT2D eigenvalue weighted by Gasteiger charge is 2.38. The second kappa shape index (κ2) is 11.4. The van der Waals surface area contributed by atoms with Gasteiger partial charge in [-0.1, -0.05) is 19.3 Å². The van der Waals surface area contributed by atoms with Crippen LogP contribution in [0.3, 0.4) is 0 Å². The van der Waals surface area contributed by atoms with Crippen LogP contribution in [-0.4, -0.2) is 54.1 Å². The lowest BCUT2D eigenvalue weighted by atomic mass is 9.80. The number of rotatable bonds is 6. The summed E-state index contributed by atoms with van der Waals surface area (Å²) >= 11 is 2.09. The van der Waals surface area contributed by atoms with E-state index in [2.05, 4.69) is 34.2 Å². The Morgan fingerprint density at radius 1 is 1.23 bits per heavy atom. The zero-order valence-electron chi connectivity index (χ0n) is 15.8. The summed E-state index contributed by atoms with van der Waals surface area (Å²) in [5.74, 6) is 4.34. The van der Waals surface area contributed by atoms with Crippen LogP contribution >= 0.6 is 35.7 Å². The first-order valence-electron chi connectivity index (χ1n) is 9.70. The van der Waals surface area contributed by atoms with Crippen LogP contribution in [0.1, 0.15) is 44.8 Å². The molecule has 0 spiro atoms. The molecule has 1 aromatic rings. The van der Waals surface area contributed by atoms with Gasteiger partial charge in [-0.25, -0.2) is 4.99 Å². The van der Waals surface area contributed by atoms with Gasteiger partial charge in [0, 0.05) is 43.2 Å². The zero-order valence-corrected chi connectivity index (χ0v) is 19.0. The molecule has 1 saturated carbocycles. The highest BCUT2D eigenvalue weighted by molar-refractivity contribution is 14.0. The van der Waals surface area contributed by atoms with Crippen molar-refractivity contribution >= 4 is 41.7 Å². The third-order valence-corrected chi connectivity index (χ3v) is 6.31. The summed E-state index contributed by atoms with van der Waals surface area (Å²) < 4.78 is 5.40. The number of aliphatic imine (C=N–C) groups is 1. The summed E-state index contributed by atoms with van der Waals surface area (Å²) in [6.07, 6.45) is 8.41. The lowest BCUT2D eigenvalue weighted by Crippen LogP contribution is -2.59. The molecule has 2 aliphatic rings. The van der Waals surface area contributed by atoms with Crippen LogP contribution in [0.2, 0.25) is 0 Å². The number of nitrogens with one attached hydrogen (secondary N) is 2. The van der Waals surface area contributed by atoms with Gasteiger partial charge >= 0.3 is 0 Å². The van der Waals surface area contributed by atoms with Gasteiger partial charge in [0.15, 0.2) is 5.96 Å². The maximum Gasteiger partial charge on any atom is 0.191 e. The average molecular weight is 492 g/mol. The molecule has 0 bridgehead atoms. The van der Waals surface area contributed by atoms with Crippen molar-refractivity contribution in [2.75, 3.05) is 37.7 Å². The van der Waals surface area contributed by atoms with Gasteiger partial charge in [-0.05, 0) is 31.9 Å². The fourth-order valence-electron chi connectivity index (χ4n) is 4.00. The molecular weight excluding hydrogens is 459 g/mol. The lowest BCUT2D eigenvalue weighted by Gasteiger charge is -2.48. The normalized spacial score (nSPS) is 21.0. The Hall–Kier alpha value is -0.410. The summed E-state index contributed by atoms with van der Waals surface area (Å²) in [6.45, 7) is 7.01. The second-order valence-corrected chi connectivity index (χ2v) is 8.24. The number of halogens is 1. The Bertz CT molecular complexity index is 526. The van der Waals surface area contributed by atoms with Crippen molar-refractivity contribution in [3.63, 3.8) is 0 Å². The Morgan fingerprint density at radius 2 is 2.00 bits per heavy atom. The van der Waals surface area contributed by atoms with E-state index in [4.69, 9.17) is 9.41 Å². The van der Waals surface area contributed by atoms with E-state index >= 15 is 0 Å². The van der Waals surface area contributed by atoms with Gasteiger partial charge < -0.3 is 15.1 Å². The minimum atomic E-state index is 0. The zero-order chi connectivity index (χ0) is 17.4. The molecule has 0 amide bonds. The molecule has 1 aromatic heterocycles. The van der Waals surface area contributed by atoms with Gasteiger partial charge in [0.25, 0.3) is 0 Å². The SMILES string of the molecule is CCNC(=NCc1ccco1)NCC1(N2CCSCC2)CCCCC1.I. The van der Waals surface area contributed by atoms with E-state index in [0.717, 1.165) is 24.8 Å². The largest absolute Gasteiger partial charge is 0.467 e. The second-order valence-electron chi connectivity index (χ2n) is 7.01. The minimum absolute atomic E-state index is 0. The van der Waals surface area contributed by atoms with E-state index < -0.39 is 0 Å². The van der Waals surface area contributed by atoms with Crippen molar-refractivity contribution in [2.24, 2.45) is 4.99 Å². The molecule has 2 heterocycles. The standard InChI is InChI=1S/C19H32N4OS.HI/c1-2-20-18(21-15-17-7-6-12-24-17)22-16-19(8-4-3-5-9-19)23-10-13-25-14-11-23;/h6-7,12H,2-5,8-11,13-16H2,1H3,(H2,20,21,22);1H. The maximum atomic E-state index is 5.40. The quantitative estimate of drug-likeness (QED) is 0.361. The van der Waals surface area contributed by atoms with Crippen LogP contribution in [0.5, 0.6) is 0 Å². The maximum absolute atomic E-state index is 5.40. The molecule has 26 heavy (non-hydrogen) atoms. The van der Waals surface area contributed by atoms with E-state index in [9.17, 15) is 0 Å². The highest BCUT2D eigenvalue weighted by atomic mass is 127. The van der Waals surface area contributed by atoms with E-state index in [1.54, 1.807) is 6.26 Å². The molecule has 0 aromatic carbocycles. The third kappa shape index (κ3) is 6.05. The van der Waals surface area contributed by atoms with Crippen molar-refractivity contribution in [1.29, 1.82) is 0 Å². The van der Waals surface area contributed by atoms with Crippen molar-refractivity contribution in [1.82, 2.24) is 15.5 Å². The average Bonchev–Trinajstić information content (AvgIpc) is 3.19. The summed E-state index contributed by atoms with van der Waals surface area (Å²) in [5.41, 5.74) is 0.306. The lowest BCUT2D eigenvalue weighted by molar-refractivity contribution is 0.0626. The molecule has 3 rings (SSSR count). The number of thioether (sulfide) groups is 1. The number of nitrogens with zero attached hydrogens (tertiary/aromatic N) is 2. The molecule has 0 unspecified atom stereocenters. The Kier molecular flexibility index (Phi) is 9.63. The van der Waals surface area contributed by atoms with Gasteiger partial charge in [0.05, 0.1) is 6.26 Å². The van der Waals surface area contributed by atoms with Crippen LogP contribution < -0.4 is 10.6 Å². The van der Waals surface area contributed by atoms with Crippen LogP contribution in [-0.2, 0) is 6.54 Å². The minimum Gasteiger partial charge on any atom is -0.467 e. The fourth-order valence-corrected chi connectivity index (χ4v) is 4.91. The monoisotopic (exact) mass is 492 g/mol. The number of hydrogen-bond acceptors (Lipinski definition) is 4. The van der Waals surface area contributed by atoms with Crippen LogP contribution in [0, 0.1) is 0 Å². The molecule has 1 aliphatic heterocycles. The van der Waals surface area contributed by atoms with Crippen LogP contribution in [0.15, 0.2) is 27.8 Å². The number of hydrogen-bond donors (Lipinski definition) is 2. The van der Waals surface area contributed by atoms with Gasteiger partial charge in [0.2, 0.25) is 0 Å². The number of guanidine groups is 1. The van der Waals surface area contributed by atoms with Crippen molar-refractivity contribution in [3.8, 4) is 0 Å². The molecule has 148 valence electrons. The molecule has 2 N–H and O–H groups in total. The predicted octanol–water partition coefficient (Wildman–Crippen LogP) is 3.70. The van der Waals surface area contributed by atoms with Gasteiger partial charge in [-0.2, -0.15) is 11.8 Å². The molecule has 1 saturated heterocycles. The molecule has 7 heteroatoms. The summed E-state index contributed by atoms with van der Waals surface area (Å²) in [4.78, 5) is 7.45. The van der Waals surface area contributed by atoms with E-state index in [1.807, 2.05) is 12.1 Å². The number of furan rings is 1. The smallest absolute Gasteiger partial charge is 0.191 e. The van der Waals surface area contributed by atoms with Crippen LogP contribution in [0.25, 0.3) is 0 Å². The van der Waals surface area contributed by atoms with Crippen molar-refractivity contribution < 1.29 is 4.42 Å². The van der Waals surface area contributed by atoms with E-state index in [0.29, 0.717) is 12.1 Å². The van der Waals surface area contributed by atoms with Crippen LogP contribution in [0.4, 0.5) is 0 Å². The Morgan fingerprint density at radius 3 is 2.65 bits per heavy atom. The third-order valence-electron chi connectivity index (χ3n) is 5.37. The topological polar surface area (TPSA) is 52.8 Å².